The van der Waals surface area contributed by atoms with Crippen LogP contribution in [0.15, 0.2) is 146 Å². The maximum atomic E-state index is 4.97. The van der Waals surface area contributed by atoms with Crippen molar-refractivity contribution >= 4 is 39.0 Å². The quantitative estimate of drug-likeness (QED) is 0.243. The highest BCUT2D eigenvalue weighted by Crippen LogP contribution is 2.37. The van der Waals surface area contributed by atoms with E-state index >= 15 is 0 Å². The Morgan fingerprint density at radius 3 is 1.97 bits per heavy atom. The summed E-state index contributed by atoms with van der Waals surface area (Å²) >= 11 is 0. The molecule has 0 radical (unpaired) electrons. The number of nitrogens with zero attached hydrogens (tertiary/aromatic N) is 4. The third-order valence-corrected chi connectivity index (χ3v) is 6.82. The van der Waals surface area contributed by atoms with Crippen LogP contribution in [-0.4, -0.2) is 14.5 Å². The van der Waals surface area contributed by atoms with Crippen LogP contribution in [0.2, 0.25) is 0 Å². The van der Waals surface area contributed by atoms with Crippen LogP contribution in [0.4, 0.5) is 17.1 Å². The number of aromatic nitrogens is 3. The average molecular weight is 489 g/mol. The topological polar surface area (TPSA) is 34.0 Å². The molecule has 4 nitrogen and oxygen atoms in total. The van der Waals surface area contributed by atoms with Gasteiger partial charge in [-0.05, 0) is 83.6 Å². The van der Waals surface area contributed by atoms with Gasteiger partial charge in [-0.2, -0.15) is 0 Å². The number of pyridine rings is 1. The molecule has 0 spiro atoms. The number of fused-ring (bicyclic) bond motifs is 2. The number of para-hydroxylation sites is 2. The Hall–Kier alpha value is -5.22. The fraction of sp³-hybridized carbons (Fsp3) is 0. The number of hydrogen-bond donors (Lipinski definition) is 0. The number of anilines is 3. The summed E-state index contributed by atoms with van der Waals surface area (Å²) in [5.74, 6) is 0.869. The SMILES string of the molecule is c1ccc(N(c2ccc(-c3nc4cccnc4n3-c3ccccc3)cc2)c2ccc3ccccc3c2)cc1. The number of benzene rings is 5. The second-order valence-corrected chi connectivity index (χ2v) is 9.20. The molecule has 0 unspecified atom stereocenters. The van der Waals surface area contributed by atoms with Crippen molar-refractivity contribution in [3.05, 3.63) is 146 Å². The number of hydrogen-bond acceptors (Lipinski definition) is 3. The zero-order chi connectivity index (χ0) is 25.3. The zero-order valence-electron chi connectivity index (χ0n) is 20.6. The molecule has 0 aliphatic rings. The highest BCUT2D eigenvalue weighted by atomic mass is 15.1. The zero-order valence-corrected chi connectivity index (χ0v) is 20.6. The molecule has 180 valence electrons. The minimum Gasteiger partial charge on any atom is -0.310 e. The Bertz CT molecular complexity index is 1860. The van der Waals surface area contributed by atoms with Crippen molar-refractivity contribution in [1.82, 2.24) is 14.5 Å². The van der Waals surface area contributed by atoms with E-state index in [4.69, 9.17) is 4.98 Å². The molecule has 0 N–H and O–H groups in total. The lowest BCUT2D eigenvalue weighted by atomic mass is 10.1. The largest absolute Gasteiger partial charge is 0.310 e. The second kappa shape index (κ2) is 9.34. The Kier molecular flexibility index (Phi) is 5.41. The van der Waals surface area contributed by atoms with Gasteiger partial charge in [0.2, 0.25) is 0 Å². The van der Waals surface area contributed by atoms with Crippen LogP contribution >= 0.6 is 0 Å². The van der Waals surface area contributed by atoms with Gasteiger partial charge in [-0.1, -0.05) is 66.7 Å². The summed E-state index contributed by atoms with van der Waals surface area (Å²) in [5.41, 5.74) is 7.09. The normalized spacial score (nSPS) is 11.2. The van der Waals surface area contributed by atoms with Gasteiger partial charge >= 0.3 is 0 Å². The van der Waals surface area contributed by atoms with E-state index in [-0.39, 0.29) is 0 Å². The monoisotopic (exact) mass is 488 g/mol. The van der Waals surface area contributed by atoms with Gasteiger partial charge < -0.3 is 4.90 Å². The summed E-state index contributed by atoms with van der Waals surface area (Å²) in [5, 5.41) is 2.44. The van der Waals surface area contributed by atoms with E-state index < -0.39 is 0 Å². The summed E-state index contributed by atoms with van der Waals surface area (Å²) in [6.45, 7) is 0. The smallest absolute Gasteiger partial charge is 0.164 e. The van der Waals surface area contributed by atoms with Gasteiger partial charge in [0.1, 0.15) is 11.3 Å². The van der Waals surface area contributed by atoms with Gasteiger partial charge in [0.15, 0.2) is 5.65 Å². The standard InChI is InChI=1S/C34H24N4/c1-3-12-28(13-4-1)37(31-22-17-25-10-7-8-11-27(25)24-31)30-20-18-26(19-21-30)33-36-32-16-9-23-35-34(32)38(33)29-14-5-2-6-15-29/h1-24H. The molecule has 5 aromatic carbocycles. The van der Waals surface area contributed by atoms with E-state index in [9.17, 15) is 0 Å². The van der Waals surface area contributed by atoms with Crippen LogP contribution in [0, 0.1) is 0 Å². The Morgan fingerprint density at radius 1 is 0.526 bits per heavy atom. The molecule has 2 aromatic heterocycles. The lowest BCUT2D eigenvalue weighted by Gasteiger charge is -2.26. The van der Waals surface area contributed by atoms with Crippen molar-refractivity contribution in [2.45, 2.75) is 0 Å². The molecule has 7 aromatic rings. The lowest BCUT2D eigenvalue weighted by molar-refractivity contribution is 1.08. The predicted octanol–water partition coefficient (Wildman–Crippen LogP) is 8.71. The lowest BCUT2D eigenvalue weighted by Crippen LogP contribution is -2.09. The molecular weight excluding hydrogens is 464 g/mol. The molecule has 0 atom stereocenters. The fourth-order valence-corrected chi connectivity index (χ4v) is 5.03. The van der Waals surface area contributed by atoms with Gasteiger partial charge in [0.05, 0.1) is 0 Å². The molecule has 4 heteroatoms. The van der Waals surface area contributed by atoms with Crippen molar-refractivity contribution in [3.63, 3.8) is 0 Å². The molecule has 0 aliphatic carbocycles. The summed E-state index contributed by atoms with van der Waals surface area (Å²) in [4.78, 5) is 11.9. The fourth-order valence-electron chi connectivity index (χ4n) is 5.03. The average Bonchev–Trinajstić information content (AvgIpc) is 3.38. The maximum absolute atomic E-state index is 4.97. The first-order chi connectivity index (χ1) is 18.8. The Balaban J connectivity index is 1.35. The van der Waals surface area contributed by atoms with Crippen LogP contribution in [0.25, 0.3) is 39.0 Å². The van der Waals surface area contributed by atoms with Crippen LogP contribution in [0.1, 0.15) is 0 Å². The summed E-state index contributed by atoms with van der Waals surface area (Å²) < 4.78 is 2.13. The number of rotatable bonds is 5. The van der Waals surface area contributed by atoms with Crippen LogP contribution < -0.4 is 4.90 Å². The molecular formula is C34H24N4. The highest BCUT2D eigenvalue weighted by molar-refractivity contribution is 5.89. The minimum atomic E-state index is 0.847. The van der Waals surface area contributed by atoms with Crippen molar-refractivity contribution < 1.29 is 0 Å². The van der Waals surface area contributed by atoms with E-state index in [2.05, 4.69) is 118 Å². The molecule has 0 saturated heterocycles. The molecule has 0 saturated carbocycles. The summed E-state index contributed by atoms with van der Waals surface area (Å²) in [6, 6.07) is 48.4. The maximum Gasteiger partial charge on any atom is 0.164 e. The third kappa shape index (κ3) is 3.89. The van der Waals surface area contributed by atoms with E-state index in [1.54, 1.807) is 0 Å². The van der Waals surface area contributed by atoms with Crippen molar-refractivity contribution in [2.24, 2.45) is 0 Å². The first-order valence-corrected chi connectivity index (χ1v) is 12.7. The molecule has 2 heterocycles. The molecule has 0 aliphatic heterocycles. The molecule has 7 rings (SSSR count). The van der Waals surface area contributed by atoms with E-state index in [1.807, 2.05) is 42.6 Å². The van der Waals surface area contributed by atoms with E-state index in [0.717, 1.165) is 45.3 Å². The first-order valence-electron chi connectivity index (χ1n) is 12.7. The Labute approximate surface area is 221 Å². The van der Waals surface area contributed by atoms with Crippen molar-refractivity contribution in [1.29, 1.82) is 0 Å². The third-order valence-electron chi connectivity index (χ3n) is 6.82. The van der Waals surface area contributed by atoms with Crippen molar-refractivity contribution in [2.75, 3.05) is 4.90 Å². The van der Waals surface area contributed by atoms with E-state index in [1.165, 1.54) is 10.8 Å². The molecule has 0 fully saturated rings. The summed E-state index contributed by atoms with van der Waals surface area (Å²) in [7, 11) is 0. The van der Waals surface area contributed by atoms with Crippen LogP contribution in [0.3, 0.4) is 0 Å². The highest BCUT2D eigenvalue weighted by Gasteiger charge is 2.17. The van der Waals surface area contributed by atoms with Gasteiger partial charge in [-0.3, -0.25) is 4.57 Å². The molecule has 0 bridgehead atoms. The first kappa shape index (κ1) is 22.0. The molecule has 38 heavy (non-hydrogen) atoms. The van der Waals surface area contributed by atoms with Crippen LogP contribution in [-0.2, 0) is 0 Å². The predicted molar refractivity (Wildman–Crippen MR) is 156 cm³/mol. The van der Waals surface area contributed by atoms with Crippen molar-refractivity contribution in [3.8, 4) is 17.1 Å². The summed E-state index contributed by atoms with van der Waals surface area (Å²) in [6.07, 6.45) is 1.82. The Morgan fingerprint density at radius 2 is 1.18 bits per heavy atom. The number of imidazole rings is 1. The van der Waals surface area contributed by atoms with Gasteiger partial charge in [0.25, 0.3) is 0 Å². The minimum absolute atomic E-state index is 0.847. The second-order valence-electron chi connectivity index (χ2n) is 9.20. The van der Waals surface area contributed by atoms with Crippen LogP contribution in [0.5, 0.6) is 0 Å². The van der Waals surface area contributed by atoms with E-state index in [0.29, 0.717) is 0 Å². The van der Waals surface area contributed by atoms with Gasteiger partial charge in [0, 0.05) is 34.5 Å². The molecule has 0 amide bonds. The van der Waals surface area contributed by atoms with Gasteiger partial charge in [-0.25, -0.2) is 9.97 Å². The van der Waals surface area contributed by atoms with Gasteiger partial charge in [-0.15, -0.1) is 0 Å².